The topological polar surface area (TPSA) is 41.6 Å². The van der Waals surface area contributed by atoms with Crippen LogP contribution in [-0.2, 0) is 16.2 Å². The standard InChI is InChI=1S/C52H58FN3/c1-30(2)38-24-35(50(5,6)7)25-39(31(3)4)47(38)34-22-32(21-33(23-34)44-18-16-19-46(53)55-44)40-26-36(51(8,9)10)27-41-42-28-37(52(11,12)13)29-43(49(42)56-48(40)41)45-17-14-15-20-54-45/h14-31,56H,1-13H3. The second-order valence-electron chi connectivity index (χ2n) is 19.5. The lowest BCUT2D eigenvalue weighted by Gasteiger charge is -2.27. The molecule has 1 N–H and O–H groups in total. The number of aromatic amines is 1. The lowest BCUT2D eigenvalue weighted by Crippen LogP contribution is -2.14. The summed E-state index contributed by atoms with van der Waals surface area (Å²) in [5, 5.41) is 2.37. The molecule has 0 saturated carbocycles. The summed E-state index contributed by atoms with van der Waals surface area (Å²) < 4.78 is 14.9. The number of nitrogens with one attached hydrogen (secondary N) is 1. The summed E-state index contributed by atoms with van der Waals surface area (Å²) >= 11 is 0. The summed E-state index contributed by atoms with van der Waals surface area (Å²) in [6, 6.07) is 32.2. The van der Waals surface area contributed by atoms with Crippen LogP contribution in [0.3, 0.4) is 0 Å². The highest BCUT2D eigenvalue weighted by Gasteiger charge is 2.26. The maximum absolute atomic E-state index is 14.9. The number of halogens is 1. The first-order valence-electron chi connectivity index (χ1n) is 20.2. The fourth-order valence-electron chi connectivity index (χ4n) is 7.93. The van der Waals surface area contributed by atoms with E-state index in [9.17, 15) is 4.39 Å². The maximum atomic E-state index is 14.9. The third-order valence-electron chi connectivity index (χ3n) is 11.3. The van der Waals surface area contributed by atoms with Crippen molar-refractivity contribution in [2.75, 3.05) is 0 Å². The predicted octanol–water partition coefficient (Wildman–Crippen LogP) is 15.1. The van der Waals surface area contributed by atoms with Crippen LogP contribution in [0.4, 0.5) is 4.39 Å². The van der Waals surface area contributed by atoms with Gasteiger partial charge < -0.3 is 4.98 Å². The average molecular weight is 744 g/mol. The van der Waals surface area contributed by atoms with E-state index in [-0.39, 0.29) is 28.1 Å². The van der Waals surface area contributed by atoms with Crippen molar-refractivity contribution in [2.24, 2.45) is 0 Å². The molecule has 0 aliphatic carbocycles. The SMILES string of the molecule is CC(C)c1cc(C(C)(C)C)cc(C(C)C)c1-c1cc(-c2cccc(F)n2)cc(-c2cc(C(C)(C)C)cc3c2[nH]c2c(-c4ccccn4)cc(C(C)(C)C)cc23)c1. The molecule has 56 heavy (non-hydrogen) atoms. The van der Waals surface area contributed by atoms with Gasteiger partial charge in [-0.2, -0.15) is 4.39 Å². The Bertz CT molecular complexity index is 2560. The van der Waals surface area contributed by atoms with Crippen molar-refractivity contribution in [1.82, 2.24) is 15.0 Å². The van der Waals surface area contributed by atoms with Crippen molar-refractivity contribution in [3.8, 4) is 44.8 Å². The number of aromatic nitrogens is 3. The van der Waals surface area contributed by atoms with Crippen LogP contribution in [-0.4, -0.2) is 15.0 Å². The molecule has 0 spiro atoms. The molecule has 0 bridgehead atoms. The van der Waals surface area contributed by atoms with Crippen molar-refractivity contribution >= 4 is 21.8 Å². The maximum Gasteiger partial charge on any atom is 0.213 e. The summed E-state index contributed by atoms with van der Waals surface area (Å²) in [6.45, 7) is 29.7. The molecule has 0 amide bonds. The number of hydrogen-bond donors (Lipinski definition) is 1. The van der Waals surface area contributed by atoms with E-state index in [1.807, 2.05) is 18.3 Å². The number of pyridine rings is 2. The zero-order valence-electron chi connectivity index (χ0n) is 35.7. The first kappa shape index (κ1) is 39.2. The first-order chi connectivity index (χ1) is 26.2. The fraction of sp³-hybridized carbons (Fsp3) is 0.346. The molecule has 7 rings (SSSR count). The first-order valence-corrected chi connectivity index (χ1v) is 20.2. The van der Waals surface area contributed by atoms with E-state index in [0.717, 1.165) is 44.5 Å². The van der Waals surface area contributed by atoms with Gasteiger partial charge in [0.1, 0.15) is 0 Å². The molecular weight excluding hydrogens is 686 g/mol. The van der Waals surface area contributed by atoms with Gasteiger partial charge in [-0.05, 0) is 139 Å². The van der Waals surface area contributed by atoms with Gasteiger partial charge in [-0.3, -0.25) is 4.98 Å². The number of nitrogens with zero attached hydrogens (tertiary/aromatic N) is 2. The average Bonchev–Trinajstić information content (AvgIpc) is 3.51. The molecule has 4 heteroatoms. The third-order valence-corrected chi connectivity index (χ3v) is 11.3. The van der Waals surface area contributed by atoms with Gasteiger partial charge in [-0.15, -0.1) is 0 Å². The summed E-state index contributed by atoms with van der Waals surface area (Å²) in [4.78, 5) is 13.2. The minimum absolute atomic E-state index is 0.0000926. The number of fused-ring (bicyclic) bond motifs is 3. The molecule has 0 aliphatic heterocycles. The quantitative estimate of drug-likeness (QED) is 0.172. The van der Waals surface area contributed by atoms with Gasteiger partial charge in [0.15, 0.2) is 0 Å². The molecule has 0 radical (unpaired) electrons. The Hall–Kier alpha value is -5.09. The fourth-order valence-corrected chi connectivity index (χ4v) is 7.93. The normalized spacial score (nSPS) is 12.8. The molecule has 3 heterocycles. The van der Waals surface area contributed by atoms with Crippen LogP contribution in [0, 0.1) is 5.95 Å². The van der Waals surface area contributed by atoms with Crippen LogP contribution in [0.15, 0.2) is 97.2 Å². The third kappa shape index (κ3) is 7.43. The van der Waals surface area contributed by atoms with Crippen molar-refractivity contribution in [2.45, 2.75) is 118 Å². The largest absolute Gasteiger partial charge is 0.353 e. The van der Waals surface area contributed by atoms with Gasteiger partial charge >= 0.3 is 0 Å². The molecule has 288 valence electrons. The van der Waals surface area contributed by atoms with Crippen LogP contribution in [0.1, 0.15) is 130 Å². The number of hydrogen-bond acceptors (Lipinski definition) is 2. The van der Waals surface area contributed by atoms with Gasteiger partial charge in [0.2, 0.25) is 5.95 Å². The molecule has 3 aromatic heterocycles. The van der Waals surface area contributed by atoms with Crippen molar-refractivity contribution in [1.29, 1.82) is 0 Å². The Morgan fingerprint density at radius 3 is 1.54 bits per heavy atom. The van der Waals surface area contributed by atoms with E-state index in [1.54, 1.807) is 6.07 Å². The summed E-state index contributed by atoms with van der Waals surface area (Å²) in [5.74, 6) is 0.0888. The summed E-state index contributed by atoms with van der Waals surface area (Å²) in [7, 11) is 0. The van der Waals surface area contributed by atoms with E-state index in [0.29, 0.717) is 5.69 Å². The summed E-state index contributed by atoms with van der Waals surface area (Å²) in [6.07, 6.45) is 1.87. The minimum Gasteiger partial charge on any atom is -0.353 e. The Balaban J connectivity index is 1.63. The minimum atomic E-state index is -0.487. The Labute approximate surface area is 333 Å². The van der Waals surface area contributed by atoms with E-state index in [4.69, 9.17) is 4.98 Å². The highest BCUT2D eigenvalue weighted by Crippen LogP contribution is 2.46. The van der Waals surface area contributed by atoms with E-state index >= 15 is 0 Å². The Kier molecular flexibility index (Phi) is 9.88. The molecular formula is C52H58FN3. The zero-order valence-corrected chi connectivity index (χ0v) is 35.7. The second-order valence-corrected chi connectivity index (χ2v) is 19.5. The van der Waals surface area contributed by atoms with Crippen molar-refractivity contribution < 1.29 is 4.39 Å². The Morgan fingerprint density at radius 2 is 1.02 bits per heavy atom. The molecule has 0 fully saturated rings. The van der Waals surface area contributed by atoms with Gasteiger partial charge in [0.05, 0.1) is 22.4 Å². The van der Waals surface area contributed by atoms with Crippen molar-refractivity contribution in [3.05, 3.63) is 131 Å². The van der Waals surface area contributed by atoms with Crippen LogP contribution < -0.4 is 0 Å². The number of rotatable bonds is 6. The monoisotopic (exact) mass is 743 g/mol. The molecule has 0 atom stereocenters. The molecule has 4 aromatic carbocycles. The number of H-pyrrole nitrogens is 1. The van der Waals surface area contributed by atoms with E-state index in [2.05, 4.69) is 167 Å². The molecule has 0 aliphatic rings. The highest BCUT2D eigenvalue weighted by molar-refractivity contribution is 6.16. The van der Waals surface area contributed by atoms with Gasteiger partial charge in [-0.1, -0.05) is 114 Å². The van der Waals surface area contributed by atoms with Crippen LogP contribution in [0.5, 0.6) is 0 Å². The highest BCUT2D eigenvalue weighted by atomic mass is 19.1. The smallest absolute Gasteiger partial charge is 0.213 e. The second kappa shape index (κ2) is 14.1. The van der Waals surface area contributed by atoms with Crippen LogP contribution in [0.2, 0.25) is 0 Å². The van der Waals surface area contributed by atoms with Gasteiger partial charge in [-0.25, -0.2) is 4.98 Å². The summed E-state index contributed by atoms with van der Waals surface area (Å²) in [5.41, 5.74) is 16.5. The number of benzene rings is 4. The zero-order chi connectivity index (χ0) is 40.5. The van der Waals surface area contributed by atoms with Crippen molar-refractivity contribution in [3.63, 3.8) is 0 Å². The Morgan fingerprint density at radius 1 is 0.518 bits per heavy atom. The molecule has 7 aromatic rings. The van der Waals surface area contributed by atoms with Crippen LogP contribution in [0.25, 0.3) is 66.6 Å². The molecule has 0 unspecified atom stereocenters. The molecule has 0 saturated heterocycles. The lowest BCUT2D eigenvalue weighted by atomic mass is 9.77. The molecule has 3 nitrogen and oxygen atoms in total. The predicted molar refractivity (Wildman–Crippen MR) is 237 cm³/mol. The van der Waals surface area contributed by atoms with Gasteiger partial charge in [0, 0.05) is 33.7 Å². The van der Waals surface area contributed by atoms with Gasteiger partial charge in [0.25, 0.3) is 0 Å². The van der Waals surface area contributed by atoms with E-state index in [1.165, 1.54) is 50.2 Å². The van der Waals surface area contributed by atoms with Crippen LogP contribution >= 0.6 is 0 Å². The van der Waals surface area contributed by atoms with E-state index < -0.39 is 5.95 Å². The lowest BCUT2D eigenvalue weighted by molar-refractivity contribution is 0.585.